The van der Waals surface area contributed by atoms with Crippen LogP contribution in [-0.4, -0.2) is 15.2 Å². The van der Waals surface area contributed by atoms with Gasteiger partial charge in [0.2, 0.25) is 0 Å². The fourth-order valence-electron chi connectivity index (χ4n) is 1.74. The van der Waals surface area contributed by atoms with E-state index in [-0.39, 0.29) is 0 Å². The molecule has 1 aliphatic rings. The maximum absolute atomic E-state index is 9.82. The second-order valence-corrected chi connectivity index (χ2v) is 3.46. The molecule has 2 atom stereocenters. The number of rotatable bonds is 0. The summed E-state index contributed by atoms with van der Waals surface area (Å²) >= 11 is 0. The van der Waals surface area contributed by atoms with Crippen LogP contribution in [0.3, 0.4) is 0 Å². The number of hydrogen-bond acceptors (Lipinski definition) is 3. The molecular weight excluding hydrogens is 154 g/mol. The van der Waals surface area contributed by atoms with E-state index in [0.717, 1.165) is 11.1 Å². The number of nitrogens with zero attached hydrogens (tertiary/aromatic N) is 1. The first-order chi connectivity index (χ1) is 5.61. The Bertz CT molecular complexity index is 309. The van der Waals surface area contributed by atoms with Gasteiger partial charge in [0.15, 0.2) is 0 Å². The molecule has 0 bridgehead atoms. The lowest BCUT2D eigenvalue weighted by Gasteiger charge is -2.16. The van der Waals surface area contributed by atoms with Crippen molar-refractivity contribution in [3.63, 3.8) is 0 Å². The van der Waals surface area contributed by atoms with Crippen molar-refractivity contribution in [1.29, 1.82) is 0 Å². The van der Waals surface area contributed by atoms with Crippen LogP contribution in [0, 0.1) is 0 Å². The Morgan fingerprint density at radius 1 is 1.67 bits per heavy atom. The smallest absolute Gasteiger partial charge is 0.0915 e. The number of fused-ring (bicyclic) bond motifs is 1. The molecule has 3 nitrogen and oxygen atoms in total. The first kappa shape index (κ1) is 7.71. The summed E-state index contributed by atoms with van der Waals surface area (Å²) < 4.78 is 0. The molecule has 0 fully saturated rings. The second-order valence-electron chi connectivity index (χ2n) is 3.46. The summed E-state index contributed by atoms with van der Waals surface area (Å²) in [4.78, 5) is 3.92. The predicted molar refractivity (Wildman–Crippen MR) is 43.4 cm³/mol. The van der Waals surface area contributed by atoms with Gasteiger partial charge in [-0.1, -0.05) is 0 Å². The summed E-state index contributed by atoms with van der Waals surface area (Å²) in [5.41, 5.74) is 0.635. The predicted octanol–water partition coefficient (Wildman–Crippen LogP) is 0.726. The Morgan fingerprint density at radius 2 is 2.42 bits per heavy atom. The number of pyridine rings is 1. The largest absolute Gasteiger partial charge is 0.388 e. The minimum Gasteiger partial charge on any atom is -0.388 e. The third kappa shape index (κ3) is 0.940. The molecule has 2 N–H and O–H groups in total. The highest BCUT2D eigenvalue weighted by Gasteiger charge is 2.37. The van der Waals surface area contributed by atoms with E-state index in [1.165, 1.54) is 0 Å². The molecule has 0 unspecified atom stereocenters. The van der Waals surface area contributed by atoms with Crippen molar-refractivity contribution in [1.82, 2.24) is 4.98 Å². The SMILES string of the molecule is C[C@]1(O)C[C@H](O)c2ccncc21. The van der Waals surface area contributed by atoms with Gasteiger partial charge in [0.25, 0.3) is 0 Å². The number of aliphatic hydroxyl groups is 2. The maximum Gasteiger partial charge on any atom is 0.0915 e. The minimum atomic E-state index is -0.914. The van der Waals surface area contributed by atoms with Crippen molar-refractivity contribution < 1.29 is 10.2 Å². The average molecular weight is 165 g/mol. The lowest BCUT2D eigenvalue weighted by atomic mass is 10.0. The zero-order chi connectivity index (χ0) is 8.77. The molecule has 1 aliphatic carbocycles. The molecule has 2 rings (SSSR count). The highest BCUT2D eigenvalue weighted by atomic mass is 16.3. The van der Waals surface area contributed by atoms with Crippen LogP contribution in [0.5, 0.6) is 0 Å². The van der Waals surface area contributed by atoms with E-state index >= 15 is 0 Å². The van der Waals surface area contributed by atoms with E-state index in [1.54, 1.807) is 25.4 Å². The Hall–Kier alpha value is -0.930. The second kappa shape index (κ2) is 2.28. The van der Waals surface area contributed by atoms with E-state index in [4.69, 9.17) is 0 Å². The van der Waals surface area contributed by atoms with Crippen molar-refractivity contribution >= 4 is 0 Å². The Labute approximate surface area is 70.7 Å². The van der Waals surface area contributed by atoms with Crippen molar-refractivity contribution in [2.45, 2.75) is 25.0 Å². The van der Waals surface area contributed by atoms with Crippen molar-refractivity contribution in [3.05, 3.63) is 29.6 Å². The molecule has 0 saturated carbocycles. The lowest BCUT2D eigenvalue weighted by Crippen LogP contribution is -2.16. The van der Waals surface area contributed by atoms with Gasteiger partial charge in [-0.2, -0.15) is 0 Å². The summed E-state index contributed by atoms with van der Waals surface area (Å²) in [6, 6.07) is 1.75. The van der Waals surface area contributed by atoms with Crippen LogP contribution in [0.25, 0.3) is 0 Å². The van der Waals surface area contributed by atoms with E-state index in [2.05, 4.69) is 4.98 Å². The molecule has 0 saturated heterocycles. The van der Waals surface area contributed by atoms with Gasteiger partial charge in [-0.3, -0.25) is 4.98 Å². The first-order valence-electron chi connectivity index (χ1n) is 3.96. The number of hydrogen-bond donors (Lipinski definition) is 2. The van der Waals surface area contributed by atoms with Crippen LogP contribution < -0.4 is 0 Å². The topological polar surface area (TPSA) is 53.4 Å². The maximum atomic E-state index is 9.82. The fraction of sp³-hybridized carbons (Fsp3) is 0.444. The van der Waals surface area contributed by atoms with Crippen molar-refractivity contribution in [2.24, 2.45) is 0 Å². The summed E-state index contributed by atoms with van der Waals surface area (Å²) in [6.07, 6.45) is 3.07. The zero-order valence-electron chi connectivity index (χ0n) is 6.86. The Kier molecular flexibility index (Phi) is 1.46. The highest BCUT2D eigenvalue weighted by molar-refractivity contribution is 5.35. The molecule has 1 heterocycles. The van der Waals surface area contributed by atoms with Crippen LogP contribution in [0.4, 0.5) is 0 Å². The Morgan fingerprint density at radius 3 is 3.08 bits per heavy atom. The van der Waals surface area contributed by atoms with Gasteiger partial charge in [0.05, 0.1) is 11.7 Å². The fourth-order valence-corrected chi connectivity index (χ4v) is 1.74. The zero-order valence-corrected chi connectivity index (χ0v) is 6.86. The monoisotopic (exact) mass is 165 g/mol. The molecule has 3 heteroatoms. The van der Waals surface area contributed by atoms with E-state index in [0.29, 0.717) is 6.42 Å². The minimum absolute atomic E-state index is 0.369. The standard InChI is InChI=1S/C9H11NO2/c1-9(12)4-8(11)6-2-3-10-5-7(6)9/h2-3,5,8,11-12H,4H2,1H3/t8-,9-/m0/s1. The van der Waals surface area contributed by atoms with Crippen molar-refractivity contribution in [2.75, 3.05) is 0 Å². The Balaban J connectivity index is 2.58. The summed E-state index contributed by atoms with van der Waals surface area (Å²) in [6.45, 7) is 1.70. The molecule has 0 amide bonds. The molecule has 0 aliphatic heterocycles. The van der Waals surface area contributed by atoms with Crippen LogP contribution >= 0.6 is 0 Å². The van der Waals surface area contributed by atoms with Crippen LogP contribution in [-0.2, 0) is 5.60 Å². The summed E-state index contributed by atoms with van der Waals surface area (Å²) in [5, 5.41) is 19.3. The van der Waals surface area contributed by atoms with E-state index in [1.807, 2.05) is 0 Å². The summed E-state index contributed by atoms with van der Waals surface area (Å²) in [5.74, 6) is 0. The van der Waals surface area contributed by atoms with Gasteiger partial charge in [-0.15, -0.1) is 0 Å². The third-order valence-electron chi connectivity index (χ3n) is 2.38. The average Bonchev–Trinajstić information content (AvgIpc) is 2.25. The first-order valence-corrected chi connectivity index (χ1v) is 3.96. The molecule has 12 heavy (non-hydrogen) atoms. The van der Waals surface area contributed by atoms with Gasteiger partial charge in [-0.05, 0) is 18.6 Å². The highest BCUT2D eigenvalue weighted by Crippen LogP contribution is 2.41. The number of aromatic nitrogens is 1. The van der Waals surface area contributed by atoms with Gasteiger partial charge in [0, 0.05) is 24.4 Å². The van der Waals surface area contributed by atoms with Crippen LogP contribution in [0.2, 0.25) is 0 Å². The van der Waals surface area contributed by atoms with Gasteiger partial charge in [-0.25, -0.2) is 0 Å². The molecular formula is C9H11NO2. The van der Waals surface area contributed by atoms with Crippen LogP contribution in [0.1, 0.15) is 30.6 Å². The summed E-state index contributed by atoms with van der Waals surface area (Å²) in [7, 11) is 0. The normalized spacial score (nSPS) is 33.4. The molecule has 1 aromatic heterocycles. The molecule has 0 radical (unpaired) electrons. The quantitative estimate of drug-likeness (QED) is 0.595. The van der Waals surface area contributed by atoms with Gasteiger partial charge in [0.1, 0.15) is 0 Å². The van der Waals surface area contributed by atoms with Gasteiger partial charge >= 0.3 is 0 Å². The van der Waals surface area contributed by atoms with E-state index < -0.39 is 11.7 Å². The molecule has 0 aromatic carbocycles. The molecule has 0 spiro atoms. The lowest BCUT2D eigenvalue weighted by molar-refractivity contribution is 0.0227. The molecule has 64 valence electrons. The molecule has 1 aromatic rings. The van der Waals surface area contributed by atoms with E-state index in [9.17, 15) is 10.2 Å². The van der Waals surface area contributed by atoms with Gasteiger partial charge < -0.3 is 10.2 Å². The third-order valence-corrected chi connectivity index (χ3v) is 2.38. The van der Waals surface area contributed by atoms with Crippen molar-refractivity contribution in [3.8, 4) is 0 Å². The van der Waals surface area contributed by atoms with Crippen LogP contribution in [0.15, 0.2) is 18.5 Å². The number of aliphatic hydroxyl groups excluding tert-OH is 1.